The molecule has 0 aliphatic carbocycles. The monoisotopic (exact) mass is 430 g/mol. The summed E-state index contributed by atoms with van der Waals surface area (Å²) in [6, 6.07) is 20.5. The van der Waals surface area contributed by atoms with Gasteiger partial charge in [0.05, 0.1) is 12.8 Å². The number of carbonyl (C=O) groups excluding carboxylic acids is 1. The molecule has 2 aromatic heterocycles. The van der Waals surface area contributed by atoms with Gasteiger partial charge in [0.25, 0.3) is 5.89 Å². The van der Waals surface area contributed by atoms with Crippen LogP contribution in [0.5, 0.6) is 0 Å². The number of hydrogen-bond acceptors (Lipinski definition) is 6. The standard InChI is InChI=1S/C25H26N4O3/c1-3-15-29(17-22-27-28-25(32-22)21-10-7-16-31-21)23(19-8-5-4-6-9-19)24(30)26-20-13-11-18(2)12-14-20/h4-14,16,23H,3,15,17H2,1-2H3,(H,26,30). The van der Waals surface area contributed by atoms with Crippen LogP contribution in [-0.4, -0.2) is 27.5 Å². The van der Waals surface area contributed by atoms with Crippen molar-refractivity contribution in [2.75, 3.05) is 11.9 Å². The van der Waals surface area contributed by atoms with Crippen LogP contribution >= 0.6 is 0 Å². The number of nitrogens with zero attached hydrogens (tertiary/aromatic N) is 3. The van der Waals surface area contributed by atoms with Crippen molar-refractivity contribution < 1.29 is 13.6 Å². The number of hydrogen-bond donors (Lipinski definition) is 1. The Labute approximate surface area is 187 Å². The van der Waals surface area contributed by atoms with E-state index in [0.29, 0.717) is 30.6 Å². The lowest BCUT2D eigenvalue weighted by Crippen LogP contribution is -2.37. The molecule has 4 rings (SSSR count). The average molecular weight is 431 g/mol. The SMILES string of the molecule is CCCN(Cc1nnc(-c2ccco2)o1)C(C(=O)Nc1ccc(C)cc1)c1ccccc1. The van der Waals surface area contributed by atoms with Crippen molar-refractivity contribution in [3.05, 3.63) is 90.0 Å². The first-order valence-corrected chi connectivity index (χ1v) is 10.7. The summed E-state index contributed by atoms with van der Waals surface area (Å²) in [6.07, 6.45) is 2.42. The second-order valence-electron chi connectivity index (χ2n) is 7.62. The number of carbonyl (C=O) groups is 1. The fourth-order valence-corrected chi connectivity index (χ4v) is 3.59. The highest BCUT2D eigenvalue weighted by atomic mass is 16.4. The molecule has 164 valence electrons. The Balaban J connectivity index is 1.61. The van der Waals surface area contributed by atoms with Crippen molar-refractivity contribution in [1.82, 2.24) is 15.1 Å². The van der Waals surface area contributed by atoms with Gasteiger partial charge in [0.2, 0.25) is 11.8 Å². The van der Waals surface area contributed by atoms with Crippen LogP contribution in [0, 0.1) is 6.92 Å². The lowest BCUT2D eigenvalue weighted by Gasteiger charge is -2.29. The zero-order valence-corrected chi connectivity index (χ0v) is 18.2. The van der Waals surface area contributed by atoms with E-state index in [9.17, 15) is 4.79 Å². The van der Waals surface area contributed by atoms with Crippen molar-refractivity contribution in [3.63, 3.8) is 0 Å². The first-order valence-electron chi connectivity index (χ1n) is 10.7. The van der Waals surface area contributed by atoms with E-state index in [1.807, 2.05) is 61.5 Å². The molecule has 1 atom stereocenters. The van der Waals surface area contributed by atoms with Crippen LogP contribution in [0.1, 0.15) is 36.4 Å². The summed E-state index contributed by atoms with van der Waals surface area (Å²) in [5.74, 6) is 1.15. The Morgan fingerprint density at radius 2 is 1.81 bits per heavy atom. The molecule has 0 spiro atoms. The maximum Gasteiger partial charge on any atom is 0.283 e. The lowest BCUT2D eigenvalue weighted by molar-refractivity contribution is -0.122. The van der Waals surface area contributed by atoms with Gasteiger partial charge < -0.3 is 14.2 Å². The number of amides is 1. The summed E-state index contributed by atoms with van der Waals surface area (Å²) in [6.45, 7) is 5.11. The van der Waals surface area contributed by atoms with Crippen LogP contribution in [-0.2, 0) is 11.3 Å². The third-order valence-corrected chi connectivity index (χ3v) is 5.10. The number of anilines is 1. The Morgan fingerprint density at radius 3 is 2.50 bits per heavy atom. The molecule has 7 nitrogen and oxygen atoms in total. The first-order chi connectivity index (χ1) is 15.6. The molecule has 0 radical (unpaired) electrons. The van der Waals surface area contributed by atoms with Gasteiger partial charge in [-0.25, -0.2) is 0 Å². The molecule has 1 N–H and O–H groups in total. The fourth-order valence-electron chi connectivity index (χ4n) is 3.59. The minimum Gasteiger partial charge on any atom is -0.459 e. The zero-order chi connectivity index (χ0) is 22.3. The highest BCUT2D eigenvalue weighted by molar-refractivity contribution is 5.95. The van der Waals surface area contributed by atoms with Gasteiger partial charge in [-0.05, 0) is 49.7 Å². The maximum atomic E-state index is 13.5. The van der Waals surface area contributed by atoms with Crippen LogP contribution in [0.2, 0.25) is 0 Å². The predicted molar refractivity (Wildman–Crippen MR) is 122 cm³/mol. The molecule has 0 aliphatic rings. The number of aromatic nitrogens is 2. The molecule has 2 heterocycles. The number of furan rings is 1. The number of aryl methyl sites for hydroxylation is 1. The summed E-state index contributed by atoms with van der Waals surface area (Å²) < 4.78 is 11.2. The van der Waals surface area contributed by atoms with E-state index in [4.69, 9.17) is 8.83 Å². The lowest BCUT2D eigenvalue weighted by atomic mass is 10.0. The van der Waals surface area contributed by atoms with Gasteiger partial charge in [0.1, 0.15) is 6.04 Å². The molecule has 0 saturated carbocycles. The van der Waals surface area contributed by atoms with E-state index >= 15 is 0 Å². The van der Waals surface area contributed by atoms with Crippen molar-refractivity contribution in [1.29, 1.82) is 0 Å². The van der Waals surface area contributed by atoms with Gasteiger partial charge in [-0.1, -0.05) is 55.0 Å². The number of nitrogens with one attached hydrogen (secondary N) is 1. The predicted octanol–water partition coefficient (Wildman–Crippen LogP) is 5.23. The first kappa shape index (κ1) is 21.5. The van der Waals surface area contributed by atoms with Crippen LogP contribution in [0.15, 0.2) is 81.8 Å². The molecule has 0 aliphatic heterocycles. The van der Waals surface area contributed by atoms with Crippen LogP contribution < -0.4 is 5.32 Å². The van der Waals surface area contributed by atoms with E-state index < -0.39 is 6.04 Å². The van der Waals surface area contributed by atoms with Crippen molar-refractivity contribution in [2.24, 2.45) is 0 Å². The minimum absolute atomic E-state index is 0.112. The Bertz CT molecular complexity index is 1120. The third-order valence-electron chi connectivity index (χ3n) is 5.10. The smallest absolute Gasteiger partial charge is 0.283 e. The molecule has 4 aromatic rings. The van der Waals surface area contributed by atoms with E-state index in [0.717, 1.165) is 23.2 Å². The molecule has 1 amide bonds. The molecule has 32 heavy (non-hydrogen) atoms. The van der Waals surface area contributed by atoms with Gasteiger partial charge in [-0.3, -0.25) is 9.69 Å². The average Bonchev–Trinajstić information content (AvgIpc) is 3.49. The van der Waals surface area contributed by atoms with Gasteiger partial charge in [-0.2, -0.15) is 0 Å². The largest absolute Gasteiger partial charge is 0.459 e. The van der Waals surface area contributed by atoms with Crippen LogP contribution in [0.25, 0.3) is 11.7 Å². The third kappa shape index (κ3) is 5.12. The Morgan fingerprint density at radius 1 is 1.03 bits per heavy atom. The van der Waals surface area contributed by atoms with Crippen LogP contribution in [0.3, 0.4) is 0 Å². The van der Waals surface area contributed by atoms with E-state index in [2.05, 4.69) is 27.3 Å². The Hall–Kier alpha value is -3.71. The minimum atomic E-state index is -0.517. The molecular weight excluding hydrogens is 404 g/mol. The highest BCUT2D eigenvalue weighted by Gasteiger charge is 2.29. The highest BCUT2D eigenvalue weighted by Crippen LogP contribution is 2.26. The summed E-state index contributed by atoms with van der Waals surface area (Å²) in [5, 5.41) is 11.3. The topological polar surface area (TPSA) is 84.4 Å². The van der Waals surface area contributed by atoms with Crippen molar-refractivity contribution in [2.45, 2.75) is 32.9 Å². The number of benzene rings is 2. The van der Waals surface area contributed by atoms with Gasteiger partial charge >= 0.3 is 0 Å². The molecule has 0 saturated heterocycles. The summed E-state index contributed by atoms with van der Waals surface area (Å²) in [7, 11) is 0. The summed E-state index contributed by atoms with van der Waals surface area (Å²) in [5.41, 5.74) is 2.80. The summed E-state index contributed by atoms with van der Waals surface area (Å²) >= 11 is 0. The molecule has 2 aromatic carbocycles. The summed E-state index contributed by atoms with van der Waals surface area (Å²) in [4.78, 5) is 15.5. The van der Waals surface area contributed by atoms with Gasteiger partial charge in [0.15, 0.2) is 5.76 Å². The molecule has 0 fully saturated rings. The fraction of sp³-hybridized carbons (Fsp3) is 0.240. The molecular formula is C25H26N4O3. The molecule has 1 unspecified atom stereocenters. The zero-order valence-electron chi connectivity index (χ0n) is 18.2. The quantitative estimate of drug-likeness (QED) is 0.391. The van der Waals surface area contributed by atoms with Crippen molar-refractivity contribution >= 4 is 11.6 Å². The second kappa shape index (κ2) is 10.1. The van der Waals surface area contributed by atoms with E-state index in [-0.39, 0.29) is 5.91 Å². The Kier molecular flexibility index (Phi) is 6.77. The van der Waals surface area contributed by atoms with Gasteiger partial charge in [-0.15, -0.1) is 10.2 Å². The van der Waals surface area contributed by atoms with Crippen molar-refractivity contribution in [3.8, 4) is 11.7 Å². The normalized spacial score (nSPS) is 12.1. The van der Waals surface area contributed by atoms with E-state index in [1.54, 1.807) is 18.4 Å². The molecule has 7 heteroatoms. The molecule has 0 bridgehead atoms. The van der Waals surface area contributed by atoms with Crippen LogP contribution in [0.4, 0.5) is 5.69 Å². The van der Waals surface area contributed by atoms with Gasteiger partial charge in [0, 0.05) is 5.69 Å². The second-order valence-corrected chi connectivity index (χ2v) is 7.62. The maximum absolute atomic E-state index is 13.5. The number of rotatable bonds is 9. The van der Waals surface area contributed by atoms with E-state index in [1.165, 1.54) is 0 Å².